The van der Waals surface area contributed by atoms with Crippen molar-refractivity contribution in [2.45, 2.75) is 32.7 Å². The van der Waals surface area contributed by atoms with Crippen LogP contribution < -0.4 is 9.80 Å². The van der Waals surface area contributed by atoms with Crippen molar-refractivity contribution in [3.8, 4) is 0 Å². The summed E-state index contributed by atoms with van der Waals surface area (Å²) in [6, 6.07) is 0.390. The number of piperidine rings is 1. The first-order valence-corrected chi connectivity index (χ1v) is 9.76. The molecule has 2 aliphatic rings. The van der Waals surface area contributed by atoms with Crippen LogP contribution >= 0.6 is 12.4 Å². The second-order valence-corrected chi connectivity index (χ2v) is 7.60. The summed E-state index contributed by atoms with van der Waals surface area (Å²) in [7, 11) is 0. The molecule has 4 rings (SSSR count). The van der Waals surface area contributed by atoms with Gasteiger partial charge >= 0.3 is 0 Å². The summed E-state index contributed by atoms with van der Waals surface area (Å²) in [6.07, 6.45) is 10.1. The molecule has 2 saturated heterocycles. The highest BCUT2D eigenvalue weighted by atomic mass is 35.5. The fraction of sp³-hybridized carbons (Fsp3) is 0.632. The van der Waals surface area contributed by atoms with Crippen LogP contribution in [0.25, 0.3) is 0 Å². The summed E-state index contributed by atoms with van der Waals surface area (Å²) >= 11 is 0. The number of rotatable bonds is 4. The molecule has 0 saturated carbocycles. The number of H-pyrrole nitrogens is 1. The molecule has 0 bridgehead atoms. The lowest BCUT2D eigenvalue weighted by Gasteiger charge is -2.40. The van der Waals surface area contributed by atoms with E-state index in [1.807, 2.05) is 24.8 Å². The maximum atomic E-state index is 4.70. The molecule has 0 radical (unpaired) electrons. The van der Waals surface area contributed by atoms with Crippen molar-refractivity contribution in [2.75, 3.05) is 49.1 Å². The zero-order valence-electron chi connectivity index (χ0n) is 16.2. The minimum absolute atomic E-state index is 0. The molecule has 1 N–H and O–H groups in total. The Morgan fingerprint density at radius 1 is 0.963 bits per heavy atom. The van der Waals surface area contributed by atoms with E-state index >= 15 is 0 Å². The largest absolute Gasteiger partial charge is 0.354 e. The van der Waals surface area contributed by atoms with Gasteiger partial charge in [0.2, 0.25) is 0 Å². The van der Waals surface area contributed by atoms with Crippen LogP contribution in [0.4, 0.5) is 11.6 Å². The van der Waals surface area contributed by atoms with E-state index in [0.29, 0.717) is 6.04 Å². The van der Waals surface area contributed by atoms with Crippen LogP contribution in [0.5, 0.6) is 0 Å². The second-order valence-electron chi connectivity index (χ2n) is 7.60. The maximum absolute atomic E-state index is 4.70. The molecule has 0 aromatic carbocycles. The highest BCUT2D eigenvalue weighted by Crippen LogP contribution is 2.30. The average Bonchev–Trinajstić information content (AvgIpc) is 3.23. The Hall–Kier alpha value is -1.86. The first-order valence-electron chi connectivity index (χ1n) is 9.76. The zero-order chi connectivity index (χ0) is 17.9. The number of nitrogens with zero attached hydrogens (tertiary/aromatic N) is 6. The molecule has 0 amide bonds. The molecule has 27 heavy (non-hydrogen) atoms. The molecule has 7 nitrogen and oxygen atoms in total. The van der Waals surface area contributed by atoms with Crippen molar-refractivity contribution >= 4 is 24.0 Å². The molecule has 1 atom stereocenters. The van der Waals surface area contributed by atoms with E-state index in [1.54, 1.807) is 0 Å². The van der Waals surface area contributed by atoms with Gasteiger partial charge in [0.1, 0.15) is 0 Å². The number of halogens is 1. The second kappa shape index (κ2) is 8.89. The fourth-order valence-electron chi connectivity index (χ4n) is 4.01. The first kappa shape index (κ1) is 19.9. The van der Waals surface area contributed by atoms with E-state index in [2.05, 4.69) is 38.7 Å². The van der Waals surface area contributed by atoms with Gasteiger partial charge in [0.25, 0.3) is 0 Å². The Labute approximate surface area is 167 Å². The van der Waals surface area contributed by atoms with Crippen LogP contribution in [-0.2, 0) is 0 Å². The molecule has 4 heterocycles. The van der Waals surface area contributed by atoms with Crippen molar-refractivity contribution in [2.24, 2.45) is 5.92 Å². The highest BCUT2D eigenvalue weighted by molar-refractivity contribution is 5.85. The Bertz CT molecular complexity index is 692. The van der Waals surface area contributed by atoms with Crippen LogP contribution in [0.3, 0.4) is 0 Å². The van der Waals surface area contributed by atoms with Gasteiger partial charge in [-0.25, -0.2) is 9.97 Å². The molecule has 8 heteroatoms. The molecule has 2 aromatic heterocycles. The third kappa shape index (κ3) is 4.35. The van der Waals surface area contributed by atoms with Gasteiger partial charge in [-0.3, -0.25) is 10.00 Å². The van der Waals surface area contributed by atoms with Gasteiger partial charge in [-0.1, -0.05) is 6.92 Å². The topological polar surface area (TPSA) is 64.2 Å². The quantitative estimate of drug-likeness (QED) is 0.864. The number of piperazine rings is 1. The van der Waals surface area contributed by atoms with Gasteiger partial charge in [-0.2, -0.15) is 5.10 Å². The Morgan fingerprint density at radius 2 is 1.56 bits per heavy atom. The van der Waals surface area contributed by atoms with Crippen molar-refractivity contribution in [1.82, 2.24) is 25.1 Å². The van der Waals surface area contributed by atoms with Gasteiger partial charge in [0.05, 0.1) is 6.20 Å². The first-order chi connectivity index (χ1) is 12.7. The van der Waals surface area contributed by atoms with Gasteiger partial charge < -0.3 is 9.80 Å². The molecule has 0 spiro atoms. The highest BCUT2D eigenvalue weighted by Gasteiger charge is 2.27. The molecule has 1 unspecified atom stereocenters. The number of nitrogens with one attached hydrogen (secondary N) is 1. The molecular formula is C19H30ClN7. The Balaban J connectivity index is 0.00000210. The van der Waals surface area contributed by atoms with Crippen LogP contribution in [0.1, 0.15) is 38.3 Å². The number of aromatic amines is 1. The van der Waals surface area contributed by atoms with Gasteiger partial charge in [-0.15, -0.1) is 12.4 Å². The average molecular weight is 392 g/mol. The maximum Gasteiger partial charge on any atom is 0.172 e. The molecule has 2 aliphatic heterocycles. The van der Waals surface area contributed by atoms with Crippen molar-refractivity contribution in [1.29, 1.82) is 0 Å². The fourth-order valence-corrected chi connectivity index (χ4v) is 4.01. The zero-order valence-corrected chi connectivity index (χ0v) is 17.0. The summed E-state index contributed by atoms with van der Waals surface area (Å²) < 4.78 is 0. The lowest BCUT2D eigenvalue weighted by molar-refractivity contribution is 0.198. The van der Waals surface area contributed by atoms with E-state index in [-0.39, 0.29) is 12.4 Å². The van der Waals surface area contributed by atoms with Gasteiger partial charge in [0, 0.05) is 69.5 Å². The summed E-state index contributed by atoms with van der Waals surface area (Å²) in [4.78, 5) is 16.7. The van der Waals surface area contributed by atoms with Crippen LogP contribution in [0.2, 0.25) is 0 Å². The van der Waals surface area contributed by atoms with Crippen LogP contribution in [0.15, 0.2) is 24.8 Å². The third-order valence-electron chi connectivity index (χ3n) is 5.91. The van der Waals surface area contributed by atoms with E-state index in [4.69, 9.17) is 9.97 Å². The normalized spacial score (nSPS) is 20.4. The monoisotopic (exact) mass is 391 g/mol. The van der Waals surface area contributed by atoms with Crippen LogP contribution in [-0.4, -0.2) is 64.3 Å². The van der Waals surface area contributed by atoms with Gasteiger partial charge in [0.15, 0.2) is 11.6 Å². The SMILES string of the molecule is CC1CCN(c2nccnc2N2CCN(C(C)c3cn[nH]c3)CC2)CC1.Cl. The van der Waals surface area contributed by atoms with E-state index in [9.17, 15) is 0 Å². The summed E-state index contributed by atoms with van der Waals surface area (Å²) in [5.41, 5.74) is 1.25. The Kier molecular flexibility index (Phi) is 6.55. The minimum Gasteiger partial charge on any atom is -0.354 e. The van der Waals surface area contributed by atoms with Crippen molar-refractivity contribution in [3.63, 3.8) is 0 Å². The predicted octanol–water partition coefficient (Wildman–Crippen LogP) is 2.74. The van der Waals surface area contributed by atoms with E-state index < -0.39 is 0 Å². The van der Waals surface area contributed by atoms with Crippen molar-refractivity contribution in [3.05, 3.63) is 30.4 Å². The molecular weight excluding hydrogens is 362 g/mol. The Morgan fingerprint density at radius 3 is 2.11 bits per heavy atom. The minimum atomic E-state index is 0. The summed E-state index contributed by atoms with van der Waals surface area (Å²) in [5, 5.41) is 7.00. The number of hydrogen-bond donors (Lipinski definition) is 1. The van der Waals surface area contributed by atoms with E-state index in [0.717, 1.165) is 56.8 Å². The van der Waals surface area contributed by atoms with E-state index in [1.165, 1.54) is 18.4 Å². The number of hydrogen-bond acceptors (Lipinski definition) is 6. The standard InChI is InChI=1S/C19H29N7.ClH/c1-15-3-7-25(8-4-15)18-19(21-6-5-20-18)26-11-9-24(10-12-26)16(2)17-13-22-23-14-17;/h5-6,13-16H,3-4,7-12H2,1-2H3,(H,22,23);1H. The van der Waals surface area contributed by atoms with Crippen molar-refractivity contribution < 1.29 is 0 Å². The van der Waals surface area contributed by atoms with Gasteiger partial charge in [-0.05, 0) is 25.7 Å². The third-order valence-corrected chi connectivity index (χ3v) is 5.91. The molecule has 2 aromatic rings. The smallest absolute Gasteiger partial charge is 0.172 e. The lowest BCUT2D eigenvalue weighted by atomic mass is 9.99. The lowest BCUT2D eigenvalue weighted by Crippen LogP contribution is -2.48. The number of anilines is 2. The summed E-state index contributed by atoms with van der Waals surface area (Å²) in [5.74, 6) is 2.94. The van der Waals surface area contributed by atoms with Crippen LogP contribution in [0, 0.1) is 5.92 Å². The molecule has 148 valence electrons. The number of aromatic nitrogens is 4. The molecule has 2 fully saturated rings. The predicted molar refractivity (Wildman–Crippen MR) is 111 cm³/mol. The summed E-state index contributed by atoms with van der Waals surface area (Å²) in [6.45, 7) is 10.8. The molecule has 0 aliphatic carbocycles.